The van der Waals surface area contributed by atoms with Gasteiger partial charge in [-0.1, -0.05) is 0 Å². The number of hydrogen-bond donors (Lipinski definition) is 1. The topological polar surface area (TPSA) is 38.9 Å². The van der Waals surface area contributed by atoms with Gasteiger partial charge in [0.15, 0.2) is 0 Å². The molecule has 1 fully saturated rings. The zero-order valence-corrected chi connectivity index (χ0v) is 8.20. The summed E-state index contributed by atoms with van der Waals surface area (Å²) in [5.41, 5.74) is 7.44. The molecule has 0 aliphatic heterocycles. The zero-order chi connectivity index (χ0) is 6.97. The second-order valence-corrected chi connectivity index (χ2v) is 2.79. The standard InChI is InChI=1S/C8H10N2.2ClH/c9-7-3-4-8(10-5-7)6-1-2-6;;/h3-6H,1-2,9H2;2*1H. The highest BCUT2D eigenvalue weighted by atomic mass is 35.5. The SMILES string of the molecule is Cl.Cl.Nc1ccc(C2CC2)nc1. The summed E-state index contributed by atoms with van der Waals surface area (Å²) in [7, 11) is 0. The highest BCUT2D eigenvalue weighted by Gasteiger charge is 2.24. The second kappa shape index (κ2) is 4.53. The van der Waals surface area contributed by atoms with Crippen LogP contribution in [0.3, 0.4) is 0 Å². The number of pyridine rings is 1. The summed E-state index contributed by atoms with van der Waals surface area (Å²) in [6.45, 7) is 0. The average molecular weight is 207 g/mol. The summed E-state index contributed by atoms with van der Waals surface area (Å²) in [5.74, 6) is 0.737. The van der Waals surface area contributed by atoms with Crippen molar-refractivity contribution in [3.8, 4) is 0 Å². The van der Waals surface area contributed by atoms with Crippen LogP contribution in [-0.4, -0.2) is 4.98 Å². The number of anilines is 1. The first kappa shape index (κ1) is 11.5. The van der Waals surface area contributed by atoms with Crippen LogP contribution < -0.4 is 5.73 Å². The molecule has 0 aromatic carbocycles. The van der Waals surface area contributed by atoms with Gasteiger partial charge in [-0.05, 0) is 25.0 Å². The van der Waals surface area contributed by atoms with Gasteiger partial charge in [-0.2, -0.15) is 0 Å². The predicted molar refractivity (Wildman–Crippen MR) is 55.1 cm³/mol. The van der Waals surface area contributed by atoms with Crippen molar-refractivity contribution in [1.82, 2.24) is 4.98 Å². The lowest BCUT2D eigenvalue weighted by atomic mass is 10.2. The minimum atomic E-state index is 0. The first-order valence-electron chi connectivity index (χ1n) is 3.58. The number of nitrogens with zero attached hydrogens (tertiary/aromatic N) is 1. The zero-order valence-electron chi connectivity index (χ0n) is 6.56. The summed E-state index contributed by atoms with van der Waals surface area (Å²) in [5, 5.41) is 0. The van der Waals surface area contributed by atoms with Gasteiger partial charge in [-0.15, -0.1) is 24.8 Å². The fraction of sp³-hybridized carbons (Fsp3) is 0.375. The lowest BCUT2D eigenvalue weighted by Crippen LogP contribution is -1.89. The van der Waals surface area contributed by atoms with Crippen LogP contribution in [0.2, 0.25) is 0 Å². The molecular formula is C8H12Cl2N2. The smallest absolute Gasteiger partial charge is 0.0501 e. The molecule has 1 aromatic heterocycles. The monoisotopic (exact) mass is 206 g/mol. The highest BCUT2D eigenvalue weighted by Crippen LogP contribution is 2.38. The van der Waals surface area contributed by atoms with Crippen LogP contribution in [-0.2, 0) is 0 Å². The van der Waals surface area contributed by atoms with Gasteiger partial charge >= 0.3 is 0 Å². The van der Waals surface area contributed by atoms with Gasteiger partial charge in [0, 0.05) is 11.6 Å². The van der Waals surface area contributed by atoms with Crippen molar-refractivity contribution in [3.63, 3.8) is 0 Å². The van der Waals surface area contributed by atoms with E-state index in [0.29, 0.717) is 0 Å². The van der Waals surface area contributed by atoms with E-state index in [9.17, 15) is 0 Å². The van der Waals surface area contributed by atoms with Crippen LogP contribution in [0.15, 0.2) is 18.3 Å². The van der Waals surface area contributed by atoms with Crippen LogP contribution in [0.4, 0.5) is 5.69 Å². The maximum Gasteiger partial charge on any atom is 0.0501 e. The van der Waals surface area contributed by atoms with Crippen molar-refractivity contribution in [2.75, 3.05) is 5.73 Å². The lowest BCUT2D eigenvalue weighted by Gasteiger charge is -1.95. The van der Waals surface area contributed by atoms with Crippen LogP contribution in [0.5, 0.6) is 0 Å². The van der Waals surface area contributed by atoms with Crippen LogP contribution in [0, 0.1) is 0 Å². The Balaban J connectivity index is 0.000000605. The Morgan fingerprint density at radius 1 is 1.25 bits per heavy atom. The summed E-state index contributed by atoms with van der Waals surface area (Å²) in [6.07, 6.45) is 4.33. The fourth-order valence-corrected chi connectivity index (χ4v) is 1.04. The maximum atomic E-state index is 5.48. The van der Waals surface area contributed by atoms with Gasteiger partial charge in [0.1, 0.15) is 0 Å². The quantitative estimate of drug-likeness (QED) is 0.767. The van der Waals surface area contributed by atoms with Gasteiger partial charge < -0.3 is 5.73 Å². The van der Waals surface area contributed by atoms with E-state index in [-0.39, 0.29) is 24.8 Å². The average Bonchev–Trinajstić information content (AvgIpc) is 2.71. The normalized spacial score (nSPS) is 14.3. The maximum absolute atomic E-state index is 5.48. The molecule has 2 N–H and O–H groups in total. The molecule has 1 saturated carbocycles. The summed E-state index contributed by atoms with van der Waals surface area (Å²) < 4.78 is 0. The van der Waals surface area contributed by atoms with E-state index in [1.54, 1.807) is 6.20 Å². The summed E-state index contributed by atoms with van der Waals surface area (Å²) in [6, 6.07) is 3.94. The molecule has 0 bridgehead atoms. The summed E-state index contributed by atoms with van der Waals surface area (Å²) in [4.78, 5) is 4.22. The van der Waals surface area contributed by atoms with E-state index < -0.39 is 0 Å². The number of rotatable bonds is 1. The Morgan fingerprint density at radius 3 is 2.33 bits per heavy atom. The van der Waals surface area contributed by atoms with Crippen LogP contribution >= 0.6 is 24.8 Å². The number of hydrogen-bond acceptors (Lipinski definition) is 2. The molecule has 12 heavy (non-hydrogen) atoms. The summed E-state index contributed by atoms with van der Waals surface area (Å²) >= 11 is 0. The number of halogens is 2. The van der Waals surface area contributed by atoms with Gasteiger partial charge in [-0.25, -0.2) is 0 Å². The van der Waals surface area contributed by atoms with E-state index in [0.717, 1.165) is 11.6 Å². The molecule has 0 saturated heterocycles. The van der Waals surface area contributed by atoms with Gasteiger partial charge in [0.05, 0.1) is 11.9 Å². The van der Waals surface area contributed by atoms with E-state index >= 15 is 0 Å². The van der Waals surface area contributed by atoms with Crippen molar-refractivity contribution in [2.45, 2.75) is 18.8 Å². The van der Waals surface area contributed by atoms with Crippen LogP contribution in [0.1, 0.15) is 24.5 Å². The molecule has 1 aliphatic rings. The Bertz CT molecular complexity index is 231. The Hall–Kier alpha value is -0.470. The number of nitrogen functional groups attached to an aromatic ring is 1. The molecule has 0 radical (unpaired) electrons. The van der Waals surface area contributed by atoms with Gasteiger partial charge in [0.25, 0.3) is 0 Å². The Kier molecular flexibility index (Phi) is 4.35. The predicted octanol–water partition coefficient (Wildman–Crippen LogP) is 2.38. The molecule has 4 heteroatoms. The molecule has 2 rings (SSSR count). The minimum Gasteiger partial charge on any atom is -0.397 e. The third kappa shape index (κ3) is 2.54. The third-order valence-corrected chi connectivity index (χ3v) is 1.80. The minimum absolute atomic E-state index is 0. The molecule has 0 atom stereocenters. The van der Waals surface area contributed by atoms with Crippen molar-refractivity contribution in [3.05, 3.63) is 24.0 Å². The van der Waals surface area contributed by atoms with E-state index in [1.165, 1.54) is 18.5 Å². The number of nitrogens with two attached hydrogens (primary N) is 1. The second-order valence-electron chi connectivity index (χ2n) is 2.79. The molecule has 1 aromatic rings. The van der Waals surface area contributed by atoms with Crippen LogP contribution in [0.25, 0.3) is 0 Å². The fourth-order valence-electron chi connectivity index (χ4n) is 1.04. The molecule has 68 valence electrons. The van der Waals surface area contributed by atoms with Gasteiger partial charge in [0.2, 0.25) is 0 Å². The molecule has 1 aliphatic carbocycles. The molecule has 2 nitrogen and oxygen atoms in total. The van der Waals surface area contributed by atoms with Crippen molar-refractivity contribution < 1.29 is 0 Å². The lowest BCUT2D eigenvalue weighted by molar-refractivity contribution is 1.02. The molecule has 0 unspecified atom stereocenters. The molecule has 0 amide bonds. The molecule has 0 spiro atoms. The van der Waals surface area contributed by atoms with E-state index in [4.69, 9.17) is 5.73 Å². The van der Waals surface area contributed by atoms with E-state index in [1.807, 2.05) is 12.1 Å². The highest BCUT2D eigenvalue weighted by molar-refractivity contribution is 5.85. The van der Waals surface area contributed by atoms with E-state index in [2.05, 4.69) is 4.98 Å². The first-order valence-corrected chi connectivity index (χ1v) is 3.58. The van der Waals surface area contributed by atoms with Crippen molar-refractivity contribution in [1.29, 1.82) is 0 Å². The van der Waals surface area contributed by atoms with Crippen molar-refractivity contribution in [2.24, 2.45) is 0 Å². The van der Waals surface area contributed by atoms with Crippen molar-refractivity contribution >= 4 is 30.5 Å². The Labute approximate surface area is 84.4 Å². The third-order valence-electron chi connectivity index (χ3n) is 1.80. The Morgan fingerprint density at radius 2 is 1.92 bits per heavy atom. The molecular weight excluding hydrogens is 195 g/mol. The molecule has 1 heterocycles. The largest absolute Gasteiger partial charge is 0.397 e. The number of aromatic nitrogens is 1. The first-order chi connectivity index (χ1) is 4.86. The van der Waals surface area contributed by atoms with Gasteiger partial charge in [-0.3, -0.25) is 4.98 Å².